The molecular weight excluding hydrogens is 126 g/mol. The Bertz CT molecular complexity index is 167. The minimum atomic E-state index is -0.0665. The van der Waals surface area contributed by atoms with Gasteiger partial charge in [0.15, 0.2) is 0 Å². The highest BCUT2D eigenvalue weighted by Crippen LogP contribution is 2.50. The quantitative estimate of drug-likeness (QED) is 0.576. The Morgan fingerprint density at radius 3 is 2.80 bits per heavy atom. The van der Waals surface area contributed by atoms with E-state index in [1.807, 2.05) is 0 Å². The summed E-state index contributed by atoms with van der Waals surface area (Å²) < 4.78 is 0. The van der Waals surface area contributed by atoms with Crippen LogP contribution in [0.15, 0.2) is 0 Å². The maximum absolute atomic E-state index is 10.7. The van der Waals surface area contributed by atoms with Crippen LogP contribution in [0.3, 0.4) is 0 Å². The molecule has 10 heavy (non-hydrogen) atoms. The summed E-state index contributed by atoms with van der Waals surface area (Å²) in [6, 6.07) is 0. The van der Waals surface area contributed by atoms with Gasteiger partial charge in [0.25, 0.3) is 0 Å². The zero-order valence-electron chi connectivity index (χ0n) is 6.05. The fourth-order valence-corrected chi connectivity index (χ4v) is 2.52. The van der Waals surface area contributed by atoms with Gasteiger partial charge in [-0.25, -0.2) is 0 Å². The van der Waals surface area contributed by atoms with Crippen molar-refractivity contribution < 1.29 is 4.79 Å². The predicted molar refractivity (Wildman–Crippen MR) is 38.1 cm³/mol. The monoisotopic (exact) mass is 139 g/mol. The van der Waals surface area contributed by atoms with E-state index in [0.717, 1.165) is 12.3 Å². The second-order valence-electron chi connectivity index (χ2n) is 3.60. The van der Waals surface area contributed by atoms with Crippen LogP contribution in [0.5, 0.6) is 0 Å². The van der Waals surface area contributed by atoms with Gasteiger partial charge in [-0.2, -0.15) is 0 Å². The average molecular weight is 139 g/mol. The molecule has 0 aromatic rings. The smallest absolute Gasteiger partial charge is 0.220 e. The lowest BCUT2D eigenvalue weighted by Crippen LogP contribution is -2.41. The van der Waals surface area contributed by atoms with Crippen molar-refractivity contribution in [2.24, 2.45) is 23.5 Å². The van der Waals surface area contributed by atoms with Crippen LogP contribution < -0.4 is 5.73 Å². The third-order valence-corrected chi connectivity index (χ3v) is 3.16. The van der Waals surface area contributed by atoms with Gasteiger partial charge in [-0.3, -0.25) is 4.79 Å². The van der Waals surface area contributed by atoms with E-state index < -0.39 is 0 Å². The van der Waals surface area contributed by atoms with Crippen molar-refractivity contribution in [3.63, 3.8) is 0 Å². The van der Waals surface area contributed by atoms with Gasteiger partial charge in [-0.15, -0.1) is 0 Å². The minimum Gasteiger partial charge on any atom is -0.369 e. The summed E-state index contributed by atoms with van der Waals surface area (Å²) in [4.78, 5) is 10.7. The van der Waals surface area contributed by atoms with Crippen LogP contribution in [0.25, 0.3) is 0 Å². The Balaban J connectivity index is 2.00. The van der Waals surface area contributed by atoms with Gasteiger partial charge in [0, 0.05) is 5.92 Å². The van der Waals surface area contributed by atoms with Gasteiger partial charge in [-0.1, -0.05) is 12.8 Å². The molecule has 2 saturated carbocycles. The maximum Gasteiger partial charge on any atom is 0.220 e. The van der Waals surface area contributed by atoms with Gasteiger partial charge in [0.2, 0.25) is 5.91 Å². The molecule has 0 spiro atoms. The number of carbonyl (C=O) groups is 1. The highest BCUT2D eigenvalue weighted by atomic mass is 16.1. The summed E-state index contributed by atoms with van der Waals surface area (Å²) in [6.45, 7) is 0. The number of rotatable bonds is 1. The number of nitrogens with two attached hydrogens (primary N) is 1. The van der Waals surface area contributed by atoms with Gasteiger partial charge in [0.1, 0.15) is 0 Å². The molecule has 2 nitrogen and oxygen atoms in total. The highest BCUT2D eigenvalue weighted by molar-refractivity contribution is 5.78. The summed E-state index contributed by atoms with van der Waals surface area (Å²) in [7, 11) is 0. The van der Waals surface area contributed by atoms with Crippen molar-refractivity contribution in [1.29, 1.82) is 0 Å². The molecule has 3 atom stereocenters. The molecule has 2 fully saturated rings. The van der Waals surface area contributed by atoms with Crippen LogP contribution in [0, 0.1) is 17.8 Å². The van der Waals surface area contributed by atoms with Crippen molar-refractivity contribution in [3.05, 3.63) is 0 Å². The molecule has 2 heteroatoms. The first kappa shape index (κ1) is 6.20. The van der Waals surface area contributed by atoms with E-state index in [9.17, 15) is 4.79 Å². The highest BCUT2D eigenvalue weighted by Gasteiger charge is 2.46. The molecular formula is C8H13NO. The molecule has 2 aliphatic carbocycles. The number of fused-ring (bicyclic) bond motifs is 1. The first-order chi connectivity index (χ1) is 4.79. The van der Waals surface area contributed by atoms with Crippen LogP contribution >= 0.6 is 0 Å². The van der Waals surface area contributed by atoms with Crippen LogP contribution in [0.2, 0.25) is 0 Å². The van der Waals surface area contributed by atoms with Crippen LogP contribution in [-0.4, -0.2) is 5.91 Å². The maximum atomic E-state index is 10.7. The number of hydrogen-bond acceptors (Lipinski definition) is 1. The van der Waals surface area contributed by atoms with E-state index in [1.165, 1.54) is 19.3 Å². The average Bonchev–Trinajstić information content (AvgIpc) is 2.11. The van der Waals surface area contributed by atoms with E-state index in [2.05, 4.69) is 0 Å². The zero-order chi connectivity index (χ0) is 7.14. The lowest BCUT2D eigenvalue weighted by Gasteiger charge is -2.38. The van der Waals surface area contributed by atoms with Crippen LogP contribution in [0.1, 0.15) is 25.7 Å². The lowest BCUT2D eigenvalue weighted by atomic mass is 9.66. The van der Waals surface area contributed by atoms with Gasteiger partial charge in [0.05, 0.1) is 0 Å². The third kappa shape index (κ3) is 0.678. The lowest BCUT2D eigenvalue weighted by molar-refractivity contribution is -0.128. The van der Waals surface area contributed by atoms with Crippen molar-refractivity contribution in [2.45, 2.75) is 25.7 Å². The molecule has 2 N–H and O–H groups in total. The number of hydrogen-bond donors (Lipinski definition) is 1. The second-order valence-corrected chi connectivity index (χ2v) is 3.60. The molecule has 1 amide bonds. The Morgan fingerprint density at radius 2 is 2.20 bits per heavy atom. The Kier molecular flexibility index (Phi) is 1.22. The molecule has 0 unspecified atom stereocenters. The number of primary amides is 1. The fourth-order valence-electron chi connectivity index (χ4n) is 2.52. The SMILES string of the molecule is NC(=O)[C@@H]1C[C@H]2CCC[C@H]21. The molecule has 0 aromatic carbocycles. The molecule has 0 heterocycles. The van der Waals surface area contributed by atoms with E-state index in [1.54, 1.807) is 0 Å². The van der Waals surface area contributed by atoms with Crippen molar-refractivity contribution in [3.8, 4) is 0 Å². The van der Waals surface area contributed by atoms with E-state index >= 15 is 0 Å². The van der Waals surface area contributed by atoms with Crippen molar-refractivity contribution >= 4 is 5.91 Å². The summed E-state index contributed by atoms with van der Waals surface area (Å²) in [5.41, 5.74) is 5.21. The number of amides is 1. The largest absolute Gasteiger partial charge is 0.369 e. The summed E-state index contributed by atoms with van der Waals surface area (Å²) in [5.74, 6) is 1.71. The zero-order valence-corrected chi connectivity index (χ0v) is 6.05. The normalized spacial score (nSPS) is 44.2. The first-order valence-corrected chi connectivity index (χ1v) is 4.08. The molecule has 2 aliphatic rings. The molecule has 0 radical (unpaired) electrons. The molecule has 0 bridgehead atoms. The van der Waals surface area contributed by atoms with E-state index in [4.69, 9.17) is 5.73 Å². The van der Waals surface area contributed by atoms with Gasteiger partial charge < -0.3 is 5.73 Å². The van der Waals surface area contributed by atoms with Gasteiger partial charge in [-0.05, 0) is 24.7 Å². The van der Waals surface area contributed by atoms with Gasteiger partial charge >= 0.3 is 0 Å². The molecule has 2 rings (SSSR count). The first-order valence-electron chi connectivity index (χ1n) is 4.08. The number of carbonyl (C=O) groups excluding carboxylic acids is 1. The van der Waals surface area contributed by atoms with Crippen molar-refractivity contribution in [1.82, 2.24) is 0 Å². The molecule has 0 saturated heterocycles. The Hall–Kier alpha value is -0.530. The second kappa shape index (κ2) is 1.97. The third-order valence-electron chi connectivity index (χ3n) is 3.16. The summed E-state index contributed by atoms with van der Waals surface area (Å²) in [5, 5.41) is 0. The predicted octanol–water partition coefficient (Wildman–Crippen LogP) is 0.908. The fraction of sp³-hybridized carbons (Fsp3) is 0.875. The van der Waals surface area contributed by atoms with E-state index in [-0.39, 0.29) is 11.8 Å². The van der Waals surface area contributed by atoms with Crippen LogP contribution in [0.4, 0.5) is 0 Å². The summed E-state index contributed by atoms with van der Waals surface area (Å²) in [6.07, 6.45) is 4.99. The standard InChI is InChI=1S/C8H13NO/c9-8(10)7-4-5-2-1-3-6(5)7/h5-7H,1-4H2,(H2,9,10)/t5-,6-,7-/m1/s1. The van der Waals surface area contributed by atoms with E-state index in [0.29, 0.717) is 5.92 Å². The minimum absolute atomic E-state index is 0.0665. The molecule has 0 aromatic heterocycles. The molecule has 56 valence electrons. The Morgan fingerprint density at radius 1 is 1.40 bits per heavy atom. The summed E-state index contributed by atoms with van der Waals surface area (Å²) >= 11 is 0. The topological polar surface area (TPSA) is 43.1 Å². The van der Waals surface area contributed by atoms with Crippen molar-refractivity contribution in [2.75, 3.05) is 0 Å². The Labute approximate surface area is 60.8 Å². The van der Waals surface area contributed by atoms with Crippen LogP contribution in [-0.2, 0) is 4.79 Å². The molecule has 0 aliphatic heterocycles.